The van der Waals surface area contributed by atoms with Crippen LogP contribution in [-0.4, -0.2) is 41.9 Å². The number of rotatable bonds is 2. The third-order valence-corrected chi connectivity index (χ3v) is 4.28. The molecule has 3 aliphatic heterocycles. The normalized spacial score (nSPS) is 48.3. The lowest BCUT2D eigenvalue weighted by Crippen LogP contribution is -2.54. The first-order valence-electron chi connectivity index (χ1n) is 6.65. The third-order valence-electron chi connectivity index (χ3n) is 4.28. The molecule has 0 aromatic heterocycles. The Hall–Kier alpha value is -0.670. The second-order valence-corrected chi connectivity index (χ2v) is 5.72. The maximum absolute atomic E-state index is 9.64. The Bertz CT molecular complexity index is 368. The number of ether oxygens (including phenoxy) is 3. The second-order valence-electron chi connectivity index (χ2n) is 5.72. The third kappa shape index (κ3) is 1.94. The molecule has 0 aliphatic carbocycles. The highest BCUT2D eigenvalue weighted by molar-refractivity contribution is 5.04. The van der Waals surface area contributed by atoms with E-state index in [1.807, 2.05) is 6.92 Å². The average molecular weight is 253 g/mol. The molecule has 0 radical (unpaired) electrons. The molecule has 0 saturated carbocycles. The molecular weight excluding hydrogens is 234 g/mol. The zero-order chi connectivity index (χ0) is 12.8. The summed E-state index contributed by atoms with van der Waals surface area (Å²) in [5, 5.41) is 18.5. The number of aliphatic hydroxyl groups is 1. The van der Waals surface area contributed by atoms with Crippen molar-refractivity contribution in [2.45, 2.75) is 62.8 Å². The Labute approximate surface area is 107 Å². The molecule has 5 unspecified atom stereocenters. The molecule has 6 atom stereocenters. The predicted octanol–water partition coefficient (Wildman–Crippen LogP) is 0.960. The van der Waals surface area contributed by atoms with Gasteiger partial charge in [-0.05, 0) is 26.2 Å². The van der Waals surface area contributed by atoms with Crippen molar-refractivity contribution in [2.24, 2.45) is 5.92 Å². The van der Waals surface area contributed by atoms with Crippen molar-refractivity contribution >= 4 is 0 Å². The first-order chi connectivity index (χ1) is 8.63. The molecule has 3 heterocycles. The van der Waals surface area contributed by atoms with Gasteiger partial charge < -0.3 is 19.3 Å². The first-order valence-corrected chi connectivity index (χ1v) is 6.65. The lowest BCUT2D eigenvalue weighted by atomic mass is 9.84. The fourth-order valence-corrected chi connectivity index (χ4v) is 3.34. The van der Waals surface area contributed by atoms with Crippen LogP contribution >= 0.6 is 0 Å². The first kappa shape index (κ1) is 12.4. The molecule has 0 aromatic carbocycles. The number of nitrogens with zero attached hydrogens (tertiary/aromatic N) is 1. The Morgan fingerprint density at radius 2 is 2.33 bits per heavy atom. The van der Waals surface area contributed by atoms with Gasteiger partial charge >= 0.3 is 0 Å². The SMILES string of the molecule is CC(C#N)CC1CCC2O[C@@H]3CC2(COC3O)O1. The number of hydrogen-bond donors (Lipinski definition) is 1. The molecule has 3 aliphatic rings. The Morgan fingerprint density at radius 1 is 1.50 bits per heavy atom. The highest BCUT2D eigenvalue weighted by Crippen LogP contribution is 2.46. The van der Waals surface area contributed by atoms with Crippen LogP contribution < -0.4 is 0 Å². The molecule has 3 saturated heterocycles. The van der Waals surface area contributed by atoms with E-state index in [1.54, 1.807) is 0 Å². The summed E-state index contributed by atoms with van der Waals surface area (Å²) < 4.78 is 17.3. The molecule has 2 bridgehead atoms. The Balaban J connectivity index is 1.69. The lowest BCUT2D eigenvalue weighted by molar-refractivity contribution is -0.223. The number of nitriles is 1. The summed E-state index contributed by atoms with van der Waals surface area (Å²) in [6.45, 7) is 2.31. The topological polar surface area (TPSA) is 71.7 Å². The van der Waals surface area contributed by atoms with Gasteiger partial charge in [-0.3, -0.25) is 0 Å². The largest absolute Gasteiger partial charge is 0.366 e. The Morgan fingerprint density at radius 3 is 3.11 bits per heavy atom. The van der Waals surface area contributed by atoms with Crippen molar-refractivity contribution in [3.8, 4) is 6.07 Å². The molecule has 5 nitrogen and oxygen atoms in total. The standard InChI is InChI=1S/C13H19NO4/c1-8(6-14)4-9-2-3-11-13(18-9)5-10(17-11)12(15)16-7-13/h8-12,15H,2-5,7H2,1H3/t8?,9?,10-,11?,12?,13?/m1/s1. The summed E-state index contributed by atoms with van der Waals surface area (Å²) in [4.78, 5) is 0. The van der Waals surface area contributed by atoms with Crippen molar-refractivity contribution in [3.05, 3.63) is 0 Å². The molecule has 1 N–H and O–H groups in total. The zero-order valence-electron chi connectivity index (χ0n) is 10.5. The van der Waals surface area contributed by atoms with Crippen LogP contribution in [0.5, 0.6) is 0 Å². The minimum atomic E-state index is -0.818. The zero-order valence-corrected chi connectivity index (χ0v) is 10.5. The van der Waals surface area contributed by atoms with Crippen molar-refractivity contribution in [3.63, 3.8) is 0 Å². The number of fused-ring (bicyclic) bond motifs is 1. The lowest BCUT2D eigenvalue weighted by Gasteiger charge is -2.43. The van der Waals surface area contributed by atoms with Gasteiger partial charge in [0.05, 0.1) is 24.9 Å². The molecule has 5 heteroatoms. The maximum atomic E-state index is 9.64. The van der Waals surface area contributed by atoms with Gasteiger partial charge in [0, 0.05) is 12.3 Å². The van der Waals surface area contributed by atoms with E-state index < -0.39 is 6.29 Å². The summed E-state index contributed by atoms with van der Waals surface area (Å²) in [6.07, 6.45) is 2.38. The van der Waals surface area contributed by atoms with Gasteiger partial charge in [0.25, 0.3) is 0 Å². The van der Waals surface area contributed by atoms with Crippen LogP contribution in [0.15, 0.2) is 0 Å². The minimum Gasteiger partial charge on any atom is -0.366 e. The number of hydrogen-bond acceptors (Lipinski definition) is 5. The maximum Gasteiger partial charge on any atom is 0.181 e. The molecule has 0 amide bonds. The van der Waals surface area contributed by atoms with E-state index in [9.17, 15) is 5.11 Å². The monoisotopic (exact) mass is 253 g/mol. The van der Waals surface area contributed by atoms with Gasteiger partial charge in [-0.15, -0.1) is 0 Å². The molecular formula is C13H19NO4. The van der Waals surface area contributed by atoms with Gasteiger partial charge in [0.1, 0.15) is 11.7 Å². The average Bonchev–Trinajstić information content (AvgIpc) is 2.68. The van der Waals surface area contributed by atoms with Crippen molar-refractivity contribution in [1.82, 2.24) is 0 Å². The van der Waals surface area contributed by atoms with Crippen molar-refractivity contribution in [1.29, 1.82) is 5.26 Å². The van der Waals surface area contributed by atoms with Gasteiger partial charge in [-0.2, -0.15) is 5.26 Å². The van der Waals surface area contributed by atoms with Crippen LogP contribution in [-0.2, 0) is 14.2 Å². The van der Waals surface area contributed by atoms with E-state index in [2.05, 4.69) is 6.07 Å². The fraction of sp³-hybridized carbons (Fsp3) is 0.923. The summed E-state index contributed by atoms with van der Waals surface area (Å²) in [6, 6.07) is 2.25. The van der Waals surface area contributed by atoms with Crippen LogP contribution in [0.4, 0.5) is 0 Å². The predicted molar refractivity (Wildman–Crippen MR) is 61.5 cm³/mol. The van der Waals surface area contributed by atoms with Crippen molar-refractivity contribution < 1.29 is 19.3 Å². The summed E-state index contributed by atoms with van der Waals surface area (Å²) >= 11 is 0. The molecule has 100 valence electrons. The van der Waals surface area contributed by atoms with Crippen LogP contribution in [0.1, 0.15) is 32.6 Å². The molecule has 18 heavy (non-hydrogen) atoms. The van der Waals surface area contributed by atoms with E-state index in [1.165, 1.54) is 0 Å². The van der Waals surface area contributed by atoms with Crippen molar-refractivity contribution in [2.75, 3.05) is 6.61 Å². The van der Waals surface area contributed by atoms with E-state index in [0.29, 0.717) is 13.0 Å². The van der Waals surface area contributed by atoms with E-state index in [4.69, 9.17) is 19.5 Å². The smallest absolute Gasteiger partial charge is 0.181 e. The van der Waals surface area contributed by atoms with E-state index >= 15 is 0 Å². The summed E-state index contributed by atoms with van der Waals surface area (Å²) in [5.41, 5.74) is -0.387. The van der Waals surface area contributed by atoms with Crippen LogP contribution in [0, 0.1) is 17.2 Å². The van der Waals surface area contributed by atoms with Crippen LogP contribution in [0.3, 0.4) is 0 Å². The fourth-order valence-electron chi connectivity index (χ4n) is 3.34. The molecule has 1 spiro atoms. The molecule has 0 aromatic rings. The minimum absolute atomic E-state index is 0.0103. The van der Waals surface area contributed by atoms with Gasteiger partial charge in [-0.1, -0.05) is 0 Å². The summed E-state index contributed by atoms with van der Waals surface area (Å²) in [7, 11) is 0. The molecule has 3 fully saturated rings. The second kappa shape index (κ2) is 4.46. The number of aliphatic hydroxyl groups excluding tert-OH is 1. The van der Waals surface area contributed by atoms with Crippen LogP contribution in [0.2, 0.25) is 0 Å². The Kier molecular flexibility index (Phi) is 3.07. The van der Waals surface area contributed by atoms with E-state index in [-0.39, 0.29) is 29.8 Å². The van der Waals surface area contributed by atoms with Gasteiger partial charge in [0.2, 0.25) is 0 Å². The van der Waals surface area contributed by atoms with Crippen LogP contribution in [0.25, 0.3) is 0 Å². The summed E-state index contributed by atoms with van der Waals surface area (Å²) in [5.74, 6) is 0.0103. The van der Waals surface area contributed by atoms with Gasteiger partial charge in [-0.25, -0.2) is 0 Å². The molecule has 3 rings (SSSR count). The highest BCUT2D eigenvalue weighted by Gasteiger charge is 2.58. The van der Waals surface area contributed by atoms with E-state index in [0.717, 1.165) is 19.3 Å². The quantitative estimate of drug-likeness (QED) is 0.793. The van der Waals surface area contributed by atoms with Gasteiger partial charge in [0.15, 0.2) is 6.29 Å². The highest BCUT2D eigenvalue weighted by atomic mass is 16.7.